The van der Waals surface area contributed by atoms with E-state index in [0.29, 0.717) is 11.5 Å². The van der Waals surface area contributed by atoms with Crippen LogP contribution in [0.1, 0.15) is 12.5 Å². The van der Waals surface area contributed by atoms with Crippen LogP contribution in [0.3, 0.4) is 0 Å². The van der Waals surface area contributed by atoms with Crippen molar-refractivity contribution in [3.63, 3.8) is 0 Å². The Labute approximate surface area is 122 Å². The van der Waals surface area contributed by atoms with E-state index in [1.165, 1.54) is 12.1 Å². The monoisotopic (exact) mass is 286 g/mol. The van der Waals surface area contributed by atoms with Gasteiger partial charge in [-0.15, -0.1) is 0 Å². The molecule has 0 spiro atoms. The van der Waals surface area contributed by atoms with E-state index in [0.717, 1.165) is 5.56 Å². The zero-order chi connectivity index (χ0) is 15.1. The molecule has 108 valence electrons. The molecule has 0 fully saturated rings. The van der Waals surface area contributed by atoms with E-state index in [2.05, 4.69) is 10.5 Å². The highest BCUT2D eigenvalue weighted by Crippen LogP contribution is 2.07. The third kappa shape index (κ3) is 4.72. The average molecular weight is 286 g/mol. The molecule has 2 aromatic rings. The normalized spacial score (nSPS) is 11.0. The molecule has 21 heavy (non-hydrogen) atoms. The topological polar surface area (TPSA) is 50.7 Å². The van der Waals surface area contributed by atoms with Gasteiger partial charge in [0.15, 0.2) is 6.61 Å². The Morgan fingerprint density at radius 1 is 1.14 bits per heavy atom. The van der Waals surface area contributed by atoms with Gasteiger partial charge in [0.05, 0.1) is 5.71 Å². The first-order chi connectivity index (χ1) is 10.1. The minimum absolute atomic E-state index is 0.121. The summed E-state index contributed by atoms with van der Waals surface area (Å²) in [6, 6.07) is 14.9. The van der Waals surface area contributed by atoms with Gasteiger partial charge in [-0.3, -0.25) is 4.79 Å². The molecule has 2 aromatic carbocycles. The fraction of sp³-hybridized carbons (Fsp3) is 0.125. The maximum absolute atomic E-state index is 12.8. The third-order valence-electron chi connectivity index (χ3n) is 2.72. The highest BCUT2D eigenvalue weighted by atomic mass is 19.1. The Morgan fingerprint density at radius 2 is 1.81 bits per heavy atom. The van der Waals surface area contributed by atoms with E-state index in [4.69, 9.17) is 4.74 Å². The number of hydrogen-bond acceptors (Lipinski definition) is 3. The van der Waals surface area contributed by atoms with Crippen molar-refractivity contribution in [1.82, 2.24) is 5.43 Å². The Balaban J connectivity index is 1.85. The number of benzene rings is 2. The van der Waals surface area contributed by atoms with E-state index >= 15 is 0 Å². The minimum atomic E-state index is -0.361. The molecule has 1 amide bonds. The van der Waals surface area contributed by atoms with Crippen molar-refractivity contribution in [2.24, 2.45) is 5.10 Å². The van der Waals surface area contributed by atoms with Gasteiger partial charge in [0, 0.05) is 0 Å². The van der Waals surface area contributed by atoms with E-state index in [-0.39, 0.29) is 18.3 Å². The molecular formula is C16H15FN2O2. The molecule has 0 unspecified atom stereocenters. The second-order valence-electron chi connectivity index (χ2n) is 4.34. The van der Waals surface area contributed by atoms with E-state index in [9.17, 15) is 9.18 Å². The fourth-order valence-electron chi connectivity index (χ4n) is 1.60. The quantitative estimate of drug-likeness (QED) is 0.678. The first-order valence-corrected chi connectivity index (χ1v) is 6.42. The average Bonchev–Trinajstić information content (AvgIpc) is 2.52. The van der Waals surface area contributed by atoms with Gasteiger partial charge in [-0.05, 0) is 36.8 Å². The maximum atomic E-state index is 12.8. The summed E-state index contributed by atoms with van der Waals surface area (Å²) >= 11 is 0. The third-order valence-corrected chi connectivity index (χ3v) is 2.72. The van der Waals surface area contributed by atoms with E-state index in [1.54, 1.807) is 31.2 Å². The van der Waals surface area contributed by atoms with Gasteiger partial charge in [0.25, 0.3) is 5.91 Å². The Kier molecular flexibility index (Phi) is 5.04. The highest BCUT2D eigenvalue weighted by molar-refractivity contribution is 5.99. The number of nitrogens with zero attached hydrogens (tertiary/aromatic N) is 1. The van der Waals surface area contributed by atoms with Crippen LogP contribution in [-0.2, 0) is 4.79 Å². The lowest BCUT2D eigenvalue weighted by Gasteiger charge is -2.05. The number of ether oxygens (including phenoxy) is 1. The number of hydrazone groups is 1. The molecule has 0 saturated heterocycles. The van der Waals surface area contributed by atoms with Crippen LogP contribution in [0.4, 0.5) is 4.39 Å². The molecule has 1 N–H and O–H groups in total. The first kappa shape index (κ1) is 14.7. The van der Waals surface area contributed by atoms with Crippen LogP contribution in [0, 0.1) is 5.82 Å². The molecule has 0 saturated carbocycles. The summed E-state index contributed by atoms with van der Waals surface area (Å²) in [5, 5.41) is 3.95. The van der Waals surface area contributed by atoms with Crippen LogP contribution in [-0.4, -0.2) is 18.2 Å². The first-order valence-electron chi connectivity index (χ1n) is 6.42. The molecule has 0 atom stereocenters. The van der Waals surface area contributed by atoms with Crippen LogP contribution in [0.15, 0.2) is 59.7 Å². The van der Waals surface area contributed by atoms with Gasteiger partial charge in [-0.2, -0.15) is 5.10 Å². The lowest BCUT2D eigenvalue weighted by Crippen LogP contribution is -2.25. The lowest BCUT2D eigenvalue weighted by atomic mass is 10.1. The van der Waals surface area contributed by atoms with Gasteiger partial charge in [-0.1, -0.05) is 30.3 Å². The predicted octanol–water partition coefficient (Wildman–Crippen LogP) is 2.74. The van der Waals surface area contributed by atoms with Crippen molar-refractivity contribution in [1.29, 1.82) is 0 Å². The number of rotatable bonds is 5. The van der Waals surface area contributed by atoms with Gasteiger partial charge in [-0.25, -0.2) is 9.82 Å². The maximum Gasteiger partial charge on any atom is 0.277 e. The summed E-state index contributed by atoms with van der Waals surface area (Å²) in [6.07, 6.45) is 0. The van der Waals surface area contributed by atoms with Gasteiger partial charge in [0.1, 0.15) is 11.6 Å². The molecule has 0 aliphatic rings. The summed E-state index contributed by atoms with van der Waals surface area (Å²) in [4.78, 5) is 11.6. The number of nitrogens with one attached hydrogen (secondary N) is 1. The van der Waals surface area contributed by atoms with Crippen molar-refractivity contribution < 1.29 is 13.9 Å². The van der Waals surface area contributed by atoms with Gasteiger partial charge in [0.2, 0.25) is 0 Å². The SMILES string of the molecule is C/C(=N\NC(=O)COc1ccccc1)c1ccc(F)cc1. The summed E-state index contributed by atoms with van der Waals surface area (Å²) in [7, 11) is 0. The zero-order valence-corrected chi connectivity index (χ0v) is 11.5. The van der Waals surface area contributed by atoms with Crippen LogP contribution < -0.4 is 10.2 Å². The molecular weight excluding hydrogens is 271 g/mol. The molecule has 2 rings (SSSR count). The lowest BCUT2D eigenvalue weighted by molar-refractivity contribution is -0.123. The Morgan fingerprint density at radius 3 is 2.48 bits per heavy atom. The summed E-state index contributed by atoms with van der Waals surface area (Å²) in [5.74, 6) is -0.0564. The number of hydrogen-bond donors (Lipinski definition) is 1. The van der Waals surface area contributed by atoms with Crippen molar-refractivity contribution in [3.05, 3.63) is 66.0 Å². The van der Waals surface area contributed by atoms with Crippen LogP contribution >= 0.6 is 0 Å². The summed E-state index contributed by atoms with van der Waals surface area (Å²) < 4.78 is 18.1. The number of halogens is 1. The Bertz CT molecular complexity index is 624. The summed E-state index contributed by atoms with van der Waals surface area (Å²) in [6.45, 7) is 1.61. The molecule has 0 heterocycles. The smallest absolute Gasteiger partial charge is 0.277 e. The molecule has 0 aliphatic heterocycles. The molecule has 0 bridgehead atoms. The fourth-order valence-corrected chi connectivity index (χ4v) is 1.60. The second kappa shape index (κ2) is 7.19. The number of carbonyl (C=O) groups excluding carboxylic acids is 1. The van der Waals surface area contributed by atoms with Crippen LogP contribution in [0.2, 0.25) is 0 Å². The zero-order valence-electron chi connectivity index (χ0n) is 11.5. The van der Waals surface area contributed by atoms with Crippen molar-refractivity contribution in [3.8, 4) is 5.75 Å². The number of amides is 1. The van der Waals surface area contributed by atoms with Crippen molar-refractivity contribution in [2.75, 3.05) is 6.61 Å². The largest absolute Gasteiger partial charge is 0.484 e. The molecule has 0 radical (unpaired) electrons. The molecule has 5 heteroatoms. The molecule has 0 aliphatic carbocycles. The van der Waals surface area contributed by atoms with Gasteiger partial charge < -0.3 is 4.74 Å². The van der Waals surface area contributed by atoms with Gasteiger partial charge >= 0.3 is 0 Å². The molecule has 0 aromatic heterocycles. The highest BCUT2D eigenvalue weighted by Gasteiger charge is 2.03. The van der Waals surface area contributed by atoms with E-state index < -0.39 is 0 Å². The standard InChI is InChI=1S/C16H15FN2O2/c1-12(13-7-9-14(17)10-8-13)18-19-16(20)11-21-15-5-3-2-4-6-15/h2-10H,11H2,1H3,(H,19,20)/b18-12+. The minimum Gasteiger partial charge on any atom is -0.484 e. The predicted molar refractivity (Wildman–Crippen MR) is 78.7 cm³/mol. The van der Waals surface area contributed by atoms with Crippen LogP contribution in [0.5, 0.6) is 5.75 Å². The number of para-hydroxylation sites is 1. The molecule has 4 nitrogen and oxygen atoms in total. The Hall–Kier alpha value is -2.69. The second-order valence-corrected chi connectivity index (χ2v) is 4.34. The van der Waals surface area contributed by atoms with Crippen molar-refractivity contribution in [2.45, 2.75) is 6.92 Å². The van der Waals surface area contributed by atoms with Crippen LogP contribution in [0.25, 0.3) is 0 Å². The number of carbonyl (C=O) groups is 1. The van der Waals surface area contributed by atoms with E-state index in [1.807, 2.05) is 18.2 Å². The summed E-state index contributed by atoms with van der Waals surface area (Å²) in [5.41, 5.74) is 3.72. The van der Waals surface area contributed by atoms with Crippen molar-refractivity contribution >= 4 is 11.6 Å².